The molecule has 3 rings (SSSR count). The standard InChI is InChI=1S/C21H30N4O3/c1-28-20(26)17-6-8-18(9-7-17)24-21(27)25-12-10-15(11-13-25)14-2-4-16(5-3-14)19(22)23/h2-5,15,17-18H,6-13H2,1H3,(H3,22,23)(H,24,27). The van der Waals surface area contributed by atoms with Crippen molar-refractivity contribution >= 4 is 17.8 Å². The first-order valence-electron chi connectivity index (χ1n) is 10.1. The van der Waals surface area contributed by atoms with Gasteiger partial charge in [-0.05, 0) is 50.0 Å². The third kappa shape index (κ3) is 4.82. The first-order valence-corrected chi connectivity index (χ1v) is 10.1. The second kappa shape index (κ2) is 9.08. The predicted octanol–water partition coefficient (Wildman–Crippen LogP) is 2.59. The van der Waals surface area contributed by atoms with Gasteiger partial charge < -0.3 is 20.7 Å². The molecule has 7 heteroatoms. The number of ether oxygens (including phenoxy) is 1. The molecule has 28 heavy (non-hydrogen) atoms. The van der Waals surface area contributed by atoms with Crippen molar-refractivity contribution in [2.45, 2.75) is 50.5 Å². The molecule has 4 N–H and O–H groups in total. The van der Waals surface area contributed by atoms with E-state index < -0.39 is 0 Å². The molecule has 0 bridgehead atoms. The largest absolute Gasteiger partial charge is 0.469 e. The number of urea groups is 1. The molecule has 1 aliphatic carbocycles. The van der Waals surface area contributed by atoms with Crippen LogP contribution in [0.15, 0.2) is 24.3 Å². The fraction of sp³-hybridized carbons (Fsp3) is 0.571. The van der Waals surface area contributed by atoms with Gasteiger partial charge in [-0.15, -0.1) is 0 Å². The van der Waals surface area contributed by atoms with Gasteiger partial charge in [-0.3, -0.25) is 10.2 Å². The summed E-state index contributed by atoms with van der Waals surface area (Å²) < 4.78 is 4.81. The normalized spacial score (nSPS) is 23.1. The number of piperidine rings is 1. The van der Waals surface area contributed by atoms with Gasteiger partial charge in [-0.25, -0.2) is 4.79 Å². The highest BCUT2D eigenvalue weighted by atomic mass is 16.5. The number of carbonyl (C=O) groups is 2. The number of amidine groups is 1. The molecule has 0 atom stereocenters. The molecule has 1 aliphatic heterocycles. The third-order valence-electron chi connectivity index (χ3n) is 6.06. The molecule has 2 fully saturated rings. The van der Waals surface area contributed by atoms with E-state index in [1.54, 1.807) is 0 Å². The van der Waals surface area contributed by atoms with Crippen LogP contribution in [-0.4, -0.2) is 49.0 Å². The number of likely N-dealkylation sites (tertiary alicyclic amines) is 1. The first kappa shape index (κ1) is 20.2. The van der Waals surface area contributed by atoms with Crippen LogP contribution in [0.4, 0.5) is 4.79 Å². The van der Waals surface area contributed by atoms with Crippen LogP contribution < -0.4 is 11.1 Å². The number of methoxy groups -OCH3 is 1. The fourth-order valence-electron chi connectivity index (χ4n) is 4.26. The Balaban J connectivity index is 1.44. The number of nitrogens with two attached hydrogens (primary N) is 1. The van der Waals surface area contributed by atoms with Crippen LogP contribution in [0, 0.1) is 11.3 Å². The molecule has 2 aliphatic rings. The summed E-state index contributed by atoms with van der Waals surface area (Å²) in [5, 5.41) is 10.6. The summed E-state index contributed by atoms with van der Waals surface area (Å²) in [6.07, 6.45) is 5.06. The van der Waals surface area contributed by atoms with Crippen LogP contribution in [0.5, 0.6) is 0 Å². The van der Waals surface area contributed by atoms with Crippen LogP contribution in [-0.2, 0) is 9.53 Å². The van der Waals surface area contributed by atoms with Crippen LogP contribution in [0.25, 0.3) is 0 Å². The molecular formula is C21H30N4O3. The topological polar surface area (TPSA) is 109 Å². The lowest BCUT2D eigenvalue weighted by Gasteiger charge is -2.34. The minimum Gasteiger partial charge on any atom is -0.469 e. The van der Waals surface area contributed by atoms with Crippen LogP contribution >= 0.6 is 0 Å². The van der Waals surface area contributed by atoms with Gasteiger partial charge in [-0.1, -0.05) is 24.3 Å². The van der Waals surface area contributed by atoms with Gasteiger partial charge in [0.25, 0.3) is 0 Å². The highest BCUT2D eigenvalue weighted by molar-refractivity contribution is 5.94. The molecule has 0 spiro atoms. The first-order chi connectivity index (χ1) is 13.5. The lowest BCUT2D eigenvalue weighted by Crippen LogP contribution is -2.48. The minimum absolute atomic E-state index is 0.00638. The van der Waals surface area contributed by atoms with E-state index in [-0.39, 0.29) is 29.8 Å². The van der Waals surface area contributed by atoms with Crippen molar-refractivity contribution in [2.24, 2.45) is 11.7 Å². The third-order valence-corrected chi connectivity index (χ3v) is 6.06. The summed E-state index contributed by atoms with van der Waals surface area (Å²) in [7, 11) is 1.43. The summed E-state index contributed by atoms with van der Waals surface area (Å²) in [5.41, 5.74) is 7.49. The van der Waals surface area contributed by atoms with Crippen LogP contribution in [0.1, 0.15) is 55.6 Å². The highest BCUT2D eigenvalue weighted by Crippen LogP contribution is 2.29. The molecule has 0 radical (unpaired) electrons. The molecule has 0 aromatic heterocycles. The fourth-order valence-corrected chi connectivity index (χ4v) is 4.26. The zero-order valence-corrected chi connectivity index (χ0v) is 16.4. The number of nitrogens with one attached hydrogen (secondary N) is 2. The van der Waals surface area contributed by atoms with Gasteiger partial charge in [0.2, 0.25) is 0 Å². The van der Waals surface area contributed by atoms with E-state index in [9.17, 15) is 9.59 Å². The van der Waals surface area contributed by atoms with Gasteiger partial charge in [-0.2, -0.15) is 0 Å². The van der Waals surface area contributed by atoms with Crippen molar-refractivity contribution in [3.63, 3.8) is 0 Å². The quantitative estimate of drug-likeness (QED) is 0.420. The minimum atomic E-state index is -0.136. The van der Waals surface area contributed by atoms with Crippen molar-refractivity contribution in [3.8, 4) is 0 Å². The van der Waals surface area contributed by atoms with Crippen molar-refractivity contribution in [3.05, 3.63) is 35.4 Å². The van der Waals surface area contributed by atoms with Crippen molar-refractivity contribution in [1.29, 1.82) is 5.41 Å². The van der Waals surface area contributed by atoms with Gasteiger partial charge >= 0.3 is 12.0 Å². The van der Waals surface area contributed by atoms with E-state index in [2.05, 4.69) is 5.32 Å². The molecule has 0 unspecified atom stereocenters. The molecular weight excluding hydrogens is 356 g/mol. The van der Waals surface area contributed by atoms with Gasteiger partial charge in [0.15, 0.2) is 0 Å². The molecule has 1 aromatic rings. The smallest absolute Gasteiger partial charge is 0.317 e. The molecule has 1 heterocycles. The Hall–Kier alpha value is -2.57. The lowest BCUT2D eigenvalue weighted by molar-refractivity contribution is -0.146. The Labute approximate surface area is 166 Å². The van der Waals surface area contributed by atoms with E-state index in [1.807, 2.05) is 29.2 Å². The second-order valence-electron chi connectivity index (χ2n) is 7.82. The highest BCUT2D eigenvalue weighted by Gasteiger charge is 2.30. The SMILES string of the molecule is COC(=O)C1CCC(NC(=O)N2CCC(c3ccc(C(=N)N)cc3)CC2)CC1. The molecule has 1 saturated carbocycles. The van der Waals surface area contributed by atoms with E-state index in [4.69, 9.17) is 15.9 Å². The van der Waals surface area contributed by atoms with E-state index in [0.717, 1.165) is 57.2 Å². The number of benzene rings is 1. The Bertz CT molecular complexity index is 703. The van der Waals surface area contributed by atoms with Crippen molar-refractivity contribution in [1.82, 2.24) is 10.2 Å². The van der Waals surface area contributed by atoms with Crippen molar-refractivity contribution in [2.75, 3.05) is 20.2 Å². The van der Waals surface area contributed by atoms with Crippen molar-refractivity contribution < 1.29 is 14.3 Å². The number of hydrogen-bond donors (Lipinski definition) is 3. The summed E-state index contributed by atoms with van der Waals surface area (Å²) in [6.45, 7) is 1.48. The zero-order chi connectivity index (χ0) is 20.1. The predicted molar refractivity (Wildman–Crippen MR) is 107 cm³/mol. The number of carbonyl (C=O) groups excluding carboxylic acids is 2. The number of hydrogen-bond acceptors (Lipinski definition) is 4. The second-order valence-corrected chi connectivity index (χ2v) is 7.82. The van der Waals surface area contributed by atoms with E-state index >= 15 is 0 Å². The van der Waals surface area contributed by atoms with Crippen LogP contribution in [0.3, 0.4) is 0 Å². The lowest BCUT2D eigenvalue weighted by atomic mass is 9.86. The zero-order valence-electron chi connectivity index (χ0n) is 16.4. The number of nitrogens with zero attached hydrogens (tertiary/aromatic N) is 1. The van der Waals surface area contributed by atoms with Gasteiger partial charge in [0.1, 0.15) is 5.84 Å². The molecule has 1 saturated heterocycles. The summed E-state index contributed by atoms with van der Waals surface area (Å²) in [6, 6.07) is 8.01. The molecule has 2 amide bonds. The number of esters is 1. The average molecular weight is 386 g/mol. The van der Waals surface area contributed by atoms with E-state index in [1.165, 1.54) is 12.7 Å². The maximum absolute atomic E-state index is 12.6. The average Bonchev–Trinajstić information content (AvgIpc) is 2.74. The molecule has 152 valence electrons. The maximum atomic E-state index is 12.6. The maximum Gasteiger partial charge on any atom is 0.317 e. The number of rotatable bonds is 4. The monoisotopic (exact) mass is 386 g/mol. The van der Waals surface area contributed by atoms with Crippen LogP contribution in [0.2, 0.25) is 0 Å². The van der Waals surface area contributed by atoms with E-state index in [0.29, 0.717) is 5.92 Å². The molecule has 1 aromatic carbocycles. The molecule has 7 nitrogen and oxygen atoms in total. The summed E-state index contributed by atoms with van der Waals surface area (Å²) >= 11 is 0. The number of amides is 2. The number of nitrogen functional groups attached to an aromatic ring is 1. The van der Waals surface area contributed by atoms with Gasteiger partial charge in [0.05, 0.1) is 13.0 Å². The summed E-state index contributed by atoms with van der Waals surface area (Å²) in [4.78, 5) is 26.1. The summed E-state index contributed by atoms with van der Waals surface area (Å²) in [5.74, 6) is 0.352. The Morgan fingerprint density at radius 3 is 2.21 bits per heavy atom. The van der Waals surface area contributed by atoms with Gasteiger partial charge in [0, 0.05) is 24.7 Å². The Morgan fingerprint density at radius 2 is 1.68 bits per heavy atom. The Kier molecular flexibility index (Phi) is 6.54. The Morgan fingerprint density at radius 1 is 1.07 bits per heavy atom.